The molecule has 0 atom stereocenters. The molecule has 1 aliphatic heterocycles. The molecule has 150 valence electrons. The number of pyridine rings is 2. The molecule has 0 amide bonds. The summed E-state index contributed by atoms with van der Waals surface area (Å²) >= 11 is 0. The van der Waals surface area contributed by atoms with Gasteiger partial charge in [-0.25, -0.2) is 9.37 Å². The van der Waals surface area contributed by atoms with E-state index in [0.29, 0.717) is 17.8 Å². The van der Waals surface area contributed by atoms with Crippen LogP contribution in [0.5, 0.6) is 0 Å². The average Bonchev–Trinajstić information content (AvgIpc) is 2.76. The van der Waals surface area contributed by atoms with Crippen molar-refractivity contribution in [3.63, 3.8) is 0 Å². The molecule has 0 aliphatic carbocycles. The summed E-state index contributed by atoms with van der Waals surface area (Å²) in [6.45, 7) is 5.30. The molecule has 0 spiro atoms. The van der Waals surface area contributed by atoms with Gasteiger partial charge in [-0.2, -0.15) is 4.52 Å². The maximum absolute atomic E-state index is 13.6. The van der Waals surface area contributed by atoms with E-state index in [4.69, 9.17) is 0 Å². The second kappa shape index (κ2) is 6.98. The number of anilines is 1. The van der Waals surface area contributed by atoms with E-state index in [-0.39, 0.29) is 11.4 Å². The molecular formula is C22H19FN6O. The highest BCUT2D eigenvalue weighted by atomic mass is 19.1. The standard InChI is InChI=1S/C22H19FN6O/c1-13-14(2)22(27-29-20(30)3-5-25-21(13)29)28-6-4-19-17(12-28)7-15(10-26-19)16-8-18(23)11-24-9-16/h3,5,7-11H,4,6,12H2,1-2H3. The highest BCUT2D eigenvalue weighted by Gasteiger charge is 2.23. The third kappa shape index (κ3) is 3.01. The second-order valence-electron chi connectivity index (χ2n) is 7.49. The van der Waals surface area contributed by atoms with Gasteiger partial charge in [-0.1, -0.05) is 0 Å². The highest BCUT2D eigenvalue weighted by molar-refractivity contribution is 5.64. The van der Waals surface area contributed by atoms with Gasteiger partial charge in [0.2, 0.25) is 0 Å². The maximum atomic E-state index is 13.6. The van der Waals surface area contributed by atoms with Crippen molar-refractivity contribution in [3.8, 4) is 11.1 Å². The van der Waals surface area contributed by atoms with Crippen molar-refractivity contribution < 1.29 is 4.39 Å². The molecule has 4 aromatic rings. The topological polar surface area (TPSA) is 76.3 Å². The summed E-state index contributed by atoms with van der Waals surface area (Å²) in [7, 11) is 0. The van der Waals surface area contributed by atoms with Crippen LogP contribution in [0.4, 0.5) is 10.2 Å². The minimum absolute atomic E-state index is 0.204. The Morgan fingerprint density at radius 3 is 2.70 bits per heavy atom. The van der Waals surface area contributed by atoms with Gasteiger partial charge in [-0.3, -0.25) is 14.8 Å². The van der Waals surface area contributed by atoms with Crippen LogP contribution in [-0.2, 0) is 13.0 Å². The van der Waals surface area contributed by atoms with Crippen molar-refractivity contribution in [1.29, 1.82) is 0 Å². The Morgan fingerprint density at radius 2 is 1.87 bits per heavy atom. The van der Waals surface area contributed by atoms with E-state index in [1.165, 1.54) is 29.0 Å². The van der Waals surface area contributed by atoms with E-state index in [9.17, 15) is 9.18 Å². The molecule has 0 bridgehead atoms. The van der Waals surface area contributed by atoms with Crippen LogP contribution in [0, 0.1) is 19.7 Å². The molecule has 5 heterocycles. The minimum Gasteiger partial charge on any atom is -0.350 e. The molecule has 0 N–H and O–H groups in total. The zero-order chi connectivity index (χ0) is 20.8. The Hall–Kier alpha value is -3.68. The van der Waals surface area contributed by atoms with Crippen molar-refractivity contribution in [3.05, 3.63) is 81.5 Å². The Morgan fingerprint density at radius 1 is 1.03 bits per heavy atom. The molecular weight excluding hydrogens is 383 g/mol. The quantitative estimate of drug-likeness (QED) is 0.513. The maximum Gasteiger partial charge on any atom is 0.274 e. The summed E-state index contributed by atoms with van der Waals surface area (Å²) in [4.78, 5) is 27.3. The molecule has 0 unspecified atom stereocenters. The number of hydrogen-bond donors (Lipinski definition) is 0. The number of aromatic nitrogens is 5. The molecule has 8 heteroatoms. The van der Waals surface area contributed by atoms with Crippen molar-refractivity contribution in [2.24, 2.45) is 0 Å². The molecule has 4 aromatic heterocycles. The number of nitrogens with zero attached hydrogens (tertiary/aromatic N) is 6. The predicted octanol–water partition coefficient (Wildman–Crippen LogP) is 2.87. The zero-order valence-electron chi connectivity index (χ0n) is 16.6. The third-order valence-corrected chi connectivity index (χ3v) is 5.63. The van der Waals surface area contributed by atoms with Gasteiger partial charge in [0.15, 0.2) is 11.5 Å². The van der Waals surface area contributed by atoms with E-state index in [1.807, 2.05) is 19.9 Å². The smallest absolute Gasteiger partial charge is 0.274 e. The number of aryl methyl sites for hydroxylation is 1. The van der Waals surface area contributed by atoms with Crippen LogP contribution in [0.1, 0.15) is 22.4 Å². The lowest BCUT2D eigenvalue weighted by atomic mass is 10.0. The molecule has 0 radical (unpaired) electrons. The number of hydrogen-bond acceptors (Lipinski definition) is 6. The third-order valence-electron chi connectivity index (χ3n) is 5.63. The van der Waals surface area contributed by atoms with E-state index in [2.05, 4.69) is 25.0 Å². The van der Waals surface area contributed by atoms with Gasteiger partial charge in [-0.15, -0.1) is 5.10 Å². The Balaban J connectivity index is 1.56. The summed E-state index contributed by atoms with van der Waals surface area (Å²) in [5, 5.41) is 4.61. The van der Waals surface area contributed by atoms with Crippen LogP contribution in [-0.4, -0.2) is 31.1 Å². The van der Waals surface area contributed by atoms with Gasteiger partial charge in [-0.05, 0) is 31.5 Å². The van der Waals surface area contributed by atoms with Gasteiger partial charge < -0.3 is 4.90 Å². The molecule has 0 aromatic carbocycles. The summed E-state index contributed by atoms with van der Waals surface area (Å²) < 4.78 is 14.9. The zero-order valence-corrected chi connectivity index (χ0v) is 16.6. The molecule has 0 saturated carbocycles. The summed E-state index contributed by atoms with van der Waals surface area (Å²) in [6.07, 6.45) is 6.85. The van der Waals surface area contributed by atoms with Crippen molar-refractivity contribution >= 4 is 11.5 Å². The fourth-order valence-corrected chi connectivity index (χ4v) is 3.89. The molecule has 7 nitrogen and oxygen atoms in total. The van der Waals surface area contributed by atoms with Crippen molar-refractivity contribution in [1.82, 2.24) is 24.6 Å². The first-order valence-electron chi connectivity index (χ1n) is 9.70. The van der Waals surface area contributed by atoms with E-state index < -0.39 is 0 Å². The van der Waals surface area contributed by atoms with Crippen LogP contribution in [0.2, 0.25) is 0 Å². The molecule has 1 aliphatic rings. The lowest BCUT2D eigenvalue weighted by Gasteiger charge is -2.31. The SMILES string of the molecule is Cc1c(N2CCc3ncc(-c4cncc(F)c4)cc3C2)nn2c(=O)ccnc2c1C. The molecule has 0 fully saturated rings. The first-order valence-corrected chi connectivity index (χ1v) is 9.70. The van der Waals surface area contributed by atoms with Gasteiger partial charge >= 0.3 is 0 Å². The van der Waals surface area contributed by atoms with Gasteiger partial charge in [0.1, 0.15) is 5.82 Å². The fraction of sp³-hybridized carbons (Fsp3) is 0.227. The van der Waals surface area contributed by atoms with Gasteiger partial charge in [0.05, 0.1) is 6.20 Å². The first-order chi connectivity index (χ1) is 14.5. The predicted molar refractivity (Wildman–Crippen MR) is 111 cm³/mol. The summed E-state index contributed by atoms with van der Waals surface area (Å²) in [6, 6.07) is 4.89. The van der Waals surface area contributed by atoms with Crippen LogP contribution in [0.3, 0.4) is 0 Å². The lowest BCUT2D eigenvalue weighted by Crippen LogP contribution is -2.33. The average molecular weight is 402 g/mol. The Kier molecular flexibility index (Phi) is 4.27. The monoisotopic (exact) mass is 402 g/mol. The van der Waals surface area contributed by atoms with Crippen LogP contribution < -0.4 is 10.5 Å². The number of fused-ring (bicyclic) bond motifs is 2. The molecule has 0 saturated heterocycles. The van der Waals surface area contributed by atoms with E-state index in [0.717, 1.165) is 46.7 Å². The van der Waals surface area contributed by atoms with Crippen molar-refractivity contribution in [2.45, 2.75) is 26.8 Å². The Labute approximate surface area is 171 Å². The summed E-state index contributed by atoms with van der Waals surface area (Å²) in [5.74, 6) is 0.385. The van der Waals surface area contributed by atoms with E-state index in [1.54, 1.807) is 12.4 Å². The molecule has 30 heavy (non-hydrogen) atoms. The Bertz CT molecular complexity index is 1350. The van der Waals surface area contributed by atoms with Gasteiger partial charge in [0.25, 0.3) is 5.56 Å². The second-order valence-corrected chi connectivity index (χ2v) is 7.49. The largest absolute Gasteiger partial charge is 0.350 e. The van der Waals surface area contributed by atoms with Gasteiger partial charge in [0, 0.05) is 72.1 Å². The normalized spacial score (nSPS) is 13.5. The first kappa shape index (κ1) is 18.4. The highest BCUT2D eigenvalue weighted by Crippen LogP contribution is 2.29. The summed E-state index contributed by atoms with van der Waals surface area (Å²) in [5.41, 5.74) is 5.89. The van der Waals surface area contributed by atoms with Crippen LogP contribution in [0.15, 0.2) is 47.8 Å². The lowest BCUT2D eigenvalue weighted by molar-refractivity contribution is 0.622. The number of halogens is 1. The fourth-order valence-electron chi connectivity index (χ4n) is 3.89. The minimum atomic E-state index is -0.377. The van der Waals surface area contributed by atoms with E-state index >= 15 is 0 Å². The molecule has 5 rings (SSSR count). The van der Waals surface area contributed by atoms with Crippen molar-refractivity contribution in [2.75, 3.05) is 11.4 Å². The van der Waals surface area contributed by atoms with Crippen LogP contribution in [0.25, 0.3) is 16.8 Å². The van der Waals surface area contributed by atoms with Crippen LogP contribution >= 0.6 is 0 Å². The number of rotatable bonds is 2.